The van der Waals surface area contributed by atoms with Crippen LogP contribution in [0, 0.1) is 0 Å². The molecule has 0 saturated heterocycles. The third-order valence-corrected chi connectivity index (χ3v) is 15.2. The molecule has 0 fully saturated rings. The van der Waals surface area contributed by atoms with Gasteiger partial charge in [0.25, 0.3) is 0 Å². The van der Waals surface area contributed by atoms with E-state index in [2.05, 4.69) is 93.7 Å². The highest BCUT2D eigenvalue weighted by Gasteiger charge is 2.19. The van der Waals surface area contributed by atoms with Crippen LogP contribution in [-0.2, 0) is 28.6 Å². The van der Waals surface area contributed by atoms with Gasteiger partial charge in [-0.1, -0.05) is 299 Å². The molecule has 1 unspecified atom stereocenters. The minimum absolute atomic E-state index is 0.0809. The van der Waals surface area contributed by atoms with Crippen molar-refractivity contribution in [1.82, 2.24) is 0 Å². The maximum absolute atomic E-state index is 12.9. The van der Waals surface area contributed by atoms with E-state index >= 15 is 0 Å². The summed E-state index contributed by atoms with van der Waals surface area (Å²) in [6, 6.07) is 0. The van der Waals surface area contributed by atoms with Crippen molar-refractivity contribution in [2.75, 3.05) is 13.2 Å². The van der Waals surface area contributed by atoms with Crippen molar-refractivity contribution in [2.24, 2.45) is 0 Å². The van der Waals surface area contributed by atoms with Crippen LogP contribution >= 0.6 is 0 Å². The van der Waals surface area contributed by atoms with Crippen LogP contribution in [0.25, 0.3) is 0 Å². The number of carbonyl (C=O) groups excluding carboxylic acids is 3. The Morgan fingerprint density at radius 1 is 0.253 bits per heavy atom. The molecule has 0 bridgehead atoms. The van der Waals surface area contributed by atoms with E-state index in [0.717, 1.165) is 96.3 Å². The molecule has 0 radical (unpaired) electrons. The van der Waals surface area contributed by atoms with Crippen LogP contribution in [0.1, 0.15) is 355 Å². The molecule has 0 spiro atoms. The molecule has 79 heavy (non-hydrogen) atoms. The molecule has 6 nitrogen and oxygen atoms in total. The van der Waals surface area contributed by atoms with E-state index in [9.17, 15) is 14.4 Å². The Morgan fingerprint density at radius 2 is 0.468 bits per heavy atom. The van der Waals surface area contributed by atoms with Gasteiger partial charge in [0, 0.05) is 19.3 Å². The average molecular weight is 1100 g/mol. The van der Waals surface area contributed by atoms with Gasteiger partial charge in [-0.05, 0) is 109 Å². The summed E-state index contributed by atoms with van der Waals surface area (Å²) in [5, 5.41) is 0. The lowest BCUT2D eigenvalue weighted by Crippen LogP contribution is -2.30. The molecular weight excluding hydrogens is 973 g/mol. The van der Waals surface area contributed by atoms with Gasteiger partial charge in [0.1, 0.15) is 13.2 Å². The van der Waals surface area contributed by atoms with Crippen LogP contribution in [0.4, 0.5) is 0 Å². The van der Waals surface area contributed by atoms with Crippen LogP contribution in [0.5, 0.6) is 0 Å². The number of esters is 3. The fourth-order valence-corrected chi connectivity index (χ4v) is 9.93. The molecule has 0 saturated carbocycles. The molecule has 0 aromatic carbocycles. The number of allylic oxidation sites excluding steroid dienone is 12. The zero-order chi connectivity index (χ0) is 57.1. The molecular formula is C73H130O6. The van der Waals surface area contributed by atoms with Crippen molar-refractivity contribution in [3.05, 3.63) is 72.9 Å². The standard InChI is InChI=1S/C73H130O6/c1-4-7-10-13-16-19-22-24-26-28-30-32-33-34-35-36-37-38-39-41-42-44-46-48-51-54-57-60-63-66-72(75)78-69-70(68-77-71(74)65-62-59-56-53-50-21-18-15-12-9-6-3)79-73(76)67-64-61-58-55-52-49-47-45-43-40-31-29-27-25-23-20-17-14-11-8-5-2/h15,18,22-25,28-31,43,45,70H,4-14,16-17,19-21,26-27,32-42,44,46-69H2,1-3H3/b18-15-,24-22-,25-23-,30-28-,31-29-,45-43-. The monoisotopic (exact) mass is 1100 g/mol. The molecule has 0 rings (SSSR count). The van der Waals surface area contributed by atoms with E-state index in [4.69, 9.17) is 14.2 Å². The molecule has 458 valence electrons. The molecule has 0 aliphatic heterocycles. The lowest BCUT2D eigenvalue weighted by Gasteiger charge is -2.18. The second kappa shape index (κ2) is 67.4. The molecule has 6 heteroatoms. The zero-order valence-electron chi connectivity index (χ0n) is 52.6. The predicted octanol–water partition coefficient (Wildman–Crippen LogP) is 23.7. The number of ether oxygens (including phenoxy) is 3. The fraction of sp³-hybridized carbons (Fsp3) is 0.795. The van der Waals surface area contributed by atoms with Gasteiger partial charge in [-0.3, -0.25) is 14.4 Å². The quantitative estimate of drug-likeness (QED) is 0.0261. The molecule has 0 aromatic rings. The molecule has 0 aromatic heterocycles. The average Bonchev–Trinajstić information content (AvgIpc) is 3.45. The van der Waals surface area contributed by atoms with E-state index in [-0.39, 0.29) is 31.1 Å². The Morgan fingerprint density at radius 3 is 0.759 bits per heavy atom. The van der Waals surface area contributed by atoms with Crippen molar-refractivity contribution in [1.29, 1.82) is 0 Å². The molecule has 0 aliphatic carbocycles. The highest BCUT2D eigenvalue weighted by atomic mass is 16.6. The van der Waals surface area contributed by atoms with E-state index < -0.39 is 6.10 Å². The smallest absolute Gasteiger partial charge is 0.306 e. The van der Waals surface area contributed by atoms with Crippen molar-refractivity contribution in [3.63, 3.8) is 0 Å². The van der Waals surface area contributed by atoms with Crippen LogP contribution in [0.3, 0.4) is 0 Å². The molecule has 0 heterocycles. The number of unbranched alkanes of at least 4 members (excludes halogenated alkanes) is 40. The van der Waals surface area contributed by atoms with Gasteiger partial charge in [-0.15, -0.1) is 0 Å². The first kappa shape index (κ1) is 75.8. The van der Waals surface area contributed by atoms with E-state index in [1.165, 1.54) is 218 Å². The summed E-state index contributed by atoms with van der Waals surface area (Å²) in [7, 11) is 0. The predicted molar refractivity (Wildman–Crippen MR) is 344 cm³/mol. The van der Waals surface area contributed by atoms with Crippen molar-refractivity contribution >= 4 is 17.9 Å². The molecule has 1 atom stereocenters. The normalized spacial score (nSPS) is 12.5. The minimum atomic E-state index is -0.786. The summed E-state index contributed by atoms with van der Waals surface area (Å²) >= 11 is 0. The van der Waals surface area contributed by atoms with Crippen molar-refractivity contribution in [2.45, 2.75) is 361 Å². The van der Waals surface area contributed by atoms with Crippen LogP contribution in [-0.4, -0.2) is 37.2 Å². The fourth-order valence-electron chi connectivity index (χ4n) is 9.93. The van der Waals surface area contributed by atoms with Gasteiger partial charge < -0.3 is 14.2 Å². The SMILES string of the molecule is CCCC/C=C\CCCCCCCC(=O)OCC(COC(=O)CCCCCCCCCCCCCCCCCCC/C=C\C/C=C\CCCCCCC)OC(=O)CCCCCCCC/C=C\C/C=C\C/C=C\CCCCCCC. The maximum Gasteiger partial charge on any atom is 0.306 e. The Bertz CT molecular complexity index is 1450. The first-order valence-electron chi connectivity index (χ1n) is 34.4. The van der Waals surface area contributed by atoms with Crippen molar-refractivity contribution < 1.29 is 28.6 Å². The third-order valence-electron chi connectivity index (χ3n) is 15.2. The van der Waals surface area contributed by atoms with Crippen LogP contribution in [0.15, 0.2) is 72.9 Å². The van der Waals surface area contributed by atoms with Gasteiger partial charge in [0.05, 0.1) is 0 Å². The summed E-state index contributed by atoms with van der Waals surface area (Å²) in [6.45, 7) is 6.60. The third kappa shape index (κ3) is 65.5. The number of hydrogen-bond acceptors (Lipinski definition) is 6. The Kier molecular flexibility index (Phi) is 64.7. The lowest BCUT2D eigenvalue weighted by atomic mass is 10.0. The Balaban J connectivity index is 4.21. The van der Waals surface area contributed by atoms with Crippen LogP contribution < -0.4 is 0 Å². The van der Waals surface area contributed by atoms with Crippen molar-refractivity contribution in [3.8, 4) is 0 Å². The minimum Gasteiger partial charge on any atom is -0.462 e. The zero-order valence-corrected chi connectivity index (χ0v) is 52.6. The first-order valence-corrected chi connectivity index (χ1v) is 34.4. The largest absolute Gasteiger partial charge is 0.462 e. The van der Waals surface area contributed by atoms with Gasteiger partial charge in [0.15, 0.2) is 6.10 Å². The Hall–Kier alpha value is -3.15. The summed E-state index contributed by atoms with van der Waals surface area (Å²) in [5.74, 6) is -0.888. The molecule has 0 aliphatic rings. The molecule has 0 amide bonds. The second-order valence-corrected chi connectivity index (χ2v) is 23.1. The summed E-state index contributed by atoms with van der Waals surface area (Å²) in [5.41, 5.74) is 0. The maximum atomic E-state index is 12.9. The van der Waals surface area contributed by atoms with Gasteiger partial charge in [-0.2, -0.15) is 0 Å². The topological polar surface area (TPSA) is 78.9 Å². The summed E-state index contributed by atoms with van der Waals surface area (Å²) in [4.78, 5) is 38.3. The number of hydrogen-bond donors (Lipinski definition) is 0. The molecule has 0 N–H and O–H groups in total. The Labute approximate surface area is 491 Å². The summed E-state index contributed by atoms with van der Waals surface area (Å²) in [6.07, 6.45) is 87.9. The number of carbonyl (C=O) groups is 3. The van der Waals surface area contributed by atoms with E-state index in [0.29, 0.717) is 19.3 Å². The second-order valence-electron chi connectivity index (χ2n) is 23.1. The summed E-state index contributed by atoms with van der Waals surface area (Å²) < 4.78 is 16.9. The van der Waals surface area contributed by atoms with Gasteiger partial charge in [0.2, 0.25) is 0 Å². The number of rotatable bonds is 63. The lowest BCUT2D eigenvalue weighted by molar-refractivity contribution is -0.167. The van der Waals surface area contributed by atoms with E-state index in [1.807, 2.05) is 0 Å². The highest BCUT2D eigenvalue weighted by molar-refractivity contribution is 5.71. The van der Waals surface area contributed by atoms with Gasteiger partial charge >= 0.3 is 17.9 Å². The first-order chi connectivity index (χ1) is 39.0. The highest BCUT2D eigenvalue weighted by Crippen LogP contribution is 2.17. The van der Waals surface area contributed by atoms with Gasteiger partial charge in [-0.25, -0.2) is 0 Å². The van der Waals surface area contributed by atoms with E-state index in [1.54, 1.807) is 0 Å². The van der Waals surface area contributed by atoms with Crippen LogP contribution in [0.2, 0.25) is 0 Å².